The molecule has 0 unspecified atom stereocenters. The molecule has 5 heteroatoms. The highest BCUT2D eigenvalue weighted by molar-refractivity contribution is 7.99. The van der Waals surface area contributed by atoms with Gasteiger partial charge < -0.3 is 9.64 Å². The van der Waals surface area contributed by atoms with Crippen molar-refractivity contribution < 1.29 is 4.74 Å². The van der Waals surface area contributed by atoms with Crippen molar-refractivity contribution in [2.45, 2.75) is 37.5 Å². The summed E-state index contributed by atoms with van der Waals surface area (Å²) in [6, 6.07) is 2.58. The van der Waals surface area contributed by atoms with Crippen LogP contribution in [0.15, 0.2) is 6.07 Å². The molecule has 0 bridgehead atoms. The summed E-state index contributed by atoms with van der Waals surface area (Å²) in [4.78, 5) is 11.6. The van der Waals surface area contributed by atoms with E-state index < -0.39 is 0 Å². The highest BCUT2D eigenvalue weighted by atomic mass is 32.2. The number of hydrogen-bond acceptors (Lipinski definition) is 5. The molecule has 3 rings (SSSR count). The van der Waals surface area contributed by atoms with Crippen molar-refractivity contribution in [2.24, 2.45) is 0 Å². The fourth-order valence-electron chi connectivity index (χ4n) is 2.68. The third-order valence-electron chi connectivity index (χ3n) is 4.05. The third kappa shape index (κ3) is 2.46. The maximum absolute atomic E-state index is 5.51. The van der Waals surface area contributed by atoms with E-state index in [2.05, 4.69) is 34.1 Å². The van der Waals surface area contributed by atoms with E-state index in [1.807, 2.05) is 18.7 Å². The summed E-state index contributed by atoms with van der Waals surface area (Å²) in [7, 11) is 0. The second-order valence-electron chi connectivity index (χ2n) is 5.47. The summed E-state index contributed by atoms with van der Waals surface area (Å²) in [5.74, 6) is 1.95. The minimum atomic E-state index is 0.262. The first-order valence-corrected chi connectivity index (χ1v) is 8.13. The molecule has 1 saturated heterocycles. The Morgan fingerprint density at radius 2 is 2.21 bits per heavy atom. The molecule has 1 aliphatic carbocycles. The molecule has 2 heterocycles. The van der Waals surface area contributed by atoms with Crippen LogP contribution in [0.2, 0.25) is 0 Å². The van der Waals surface area contributed by atoms with Crippen LogP contribution < -0.4 is 4.90 Å². The zero-order valence-corrected chi connectivity index (χ0v) is 12.7. The topological polar surface area (TPSA) is 38.2 Å². The van der Waals surface area contributed by atoms with Crippen LogP contribution in [0.4, 0.5) is 5.82 Å². The molecule has 2 fully saturated rings. The van der Waals surface area contributed by atoms with Gasteiger partial charge in [0.05, 0.1) is 29.7 Å². The van der Waals surface area contributed by atoms with Crippen molar-refractivity contribution in [1.29, 1.82) is 0 Å². The van der Waals surface area contributed by atoms with E-state index in [9.17, 15) is 0 Å². The van der Waals surface area contributed by atoms with Gasteiger partial charge in [0.1, 0.15) is 11.6 Å². The standard InChI is InChI=1S/C14H21N3OS/c1-10-9-18-7-6-17(10)13-8-12(15-11(2)16-13)14(19-3)4-5-14/h8,10H,4-7,9H2,1-3H3/t10-/m1/s1. The van der Waals surface area contributed by atoms with Crippen molar-refractivity contribution in [3.05, 3.63) is 17.6 Å². The molecule has 1 aromatic heterocycles. The van der Waals surface area contributed by atoms with Crippen LogP contribution >= 0.6 is 11.8 Å². The molecule has 19 heavy (non-hydrogen) atoms. The summed E-state index contributed by atoms with van der Waals surface area (Å²) in [5, 5.41) is 0. The average molecular weight is 279 g/mol. The lowest BCUT2D eigenvalue weighted by Crippen LogP contribution is -2.44. The Balaban J connectivity index is 1.93. The predicted molar refractivity (Wildman–Crippen MR) is 78.8 cm³/mol. The Hall–Kier alpha value is -0.810. The highest BCUT2D eigenvalue weighted by Crippen LogP contribution is 2.55. The predicted octanol–water partition coefficient (Wildman–Crippen LogP) is 2.36. The van der Waals surface area contributed by atoms with E-state index in [0.717, 1.165) is 31.4 Å². The van der Waals surface area contributed by atoms with E-state index in [4.69, 9.17) is 4.74 Å². The van der Waals surface area contributed by atoms with Gasteiger partial charge in [0.25, 0.3) is 0 Å². The summed E-state index contributed by atoms with van der Waals surface area (Å²) in [6.45, 7) is 6.68. The lowest BCUT2D eigenvalue weighted by molar-refractivity contribution is 0.0985. The molecular weight excluding hydrogens is 258 g/mol. The summed E-state index contributed by atoms with van der Waals surface area (Å²) in [5.41, 5.74) is 1.21. The Kier molecular flexibility index (Phi) is 3.43. The molecule has 0 spiro atoms. The number of nitrogens with zero attached hydrogens (tertiary/aromatic N) is 3. The lowest BCUT2D eigenvalue weighted by atomic mass is 10.2. The maximum atomic E-state index is 5.51. The van der Waals surface area contributed by atoms with Gasteiger partial charge in [-0.1, -0.05) is 0 Å². The number of morpholine rings is 1. The number of thioether (sulfide) groups is 1. The molecule has 104 valence electrons. The van der Waals surface area contributed by atoms with Gasteiger partial charge in [0.15, 0.2) is 0 Å². The van der Waals surface area contributed by atoms with Crippen LogP contribution in [0.3, 0.4) is 0 Å². The van der Waals surface area contributed by atoms with E-state index in [-0.39, 0.29) is 4.75 Å². The lowest BCUT2D eigenvalue weighted by Gasteiger charge is -2.34. The number of aryl methyl sites for hydroxylation is 1. The summed E-state index contributed by atoms with van der Waals surface area (Å²) in [6.07, 6.45) is 4.66. The average Bonchev–Trinajstić information content (AvgIpc) is 3.19. The highest BCUT2D eigenvalue weighted by Gasteiger charge is 2.45. The first kappa shape index (κ1) is 13.2. The molecule has 0 radical (unpaired) electrons. The van der Waals surface area contributed by atoms with Crippen molar-refractivity contribution in [3.63, 3.8) is 0 Å². The fraction of sp³-hybridized carbons (Fsp3) is 0.714. The smallest absolute Gasteiger partial charge is 0.132 e. The number of hydrogen-bond donors (Lipinski definition) is 0. The number of rotatable bonds is 3. The van der Waals surface area contributed by atoms with Crippen LogP contribution in [-0.4, -0.2) is 42.0 Å². The Morgan fingerprint density at radius 1 is 1.42 bits per heavy atom. The third-order valence-corrected chi connectivity index (χ3v) is 5.45. The van der Waals surface area contributed by atoms with Crippen LogP contribution in [-0.2, 0) is 9.48 Å². The summed E-state index contributed by atoms with van der Waals surface area (Å²) >= 11 is 1.92. The van der Waals surface area contributed by atoms with Crippen molar-refractivity contribution in [3.8, 4) is 0 Å². The minimum absolute atomic E-state index is 0.262. The van der Waals surface area contributed by atoms with Crippen molar-refractivity contribution >= 4 is 17.6 Å². The molecule has 2 aliphatic rings. The van der Waals surface area contributed by atoms with Crippen LogP contribution in [0.1, 0.15) is 31.3 Å². The molecule has 0 amide bonds. The molecule has 1 aromatic rings. The normalized spacial score (nSPS) is 25.4. The SMILES string of the molecule is CSC1(c2cc(N3CCOC[C@H]3C)nc(C)n2)CC1. The minimum Gasteiger partial charge on any atom is -0.377 e. The Morgan fingerprint density at radius 3 is 2.84 bits per heavy atom. The maximum Gasteiger partial charge on any atom is 0.132 e. The van der Waals surface area contributed by atoms with Crippen LogP contribution in [0, 0.1) is 6.92 Å². The van der Waals surface area contributed by atoms with Gasteiger partial charge in [-0.3, -0.25) is 0 Å². The Bertz CT molecular complexity index is 476. The van der Waals surface area contributed by atoms with Gasteiger partial charge in [0, 0.05) is 12.6 Å². The quantitative estimate of drug-likeness (QED) is 0.849. The first-order chi connectivity index (χ1) is 9.14. The van der Waals surface area contributed by atoms with Crippen LogP contribution in [0.5, 0.6) is 0 Å². The van der Waals surface area contributed by atoms with Gasteiger partial charge >= 0.3 is 0 Å². The number of ether oxygens (including phenoxy) is 1. The second kappa shape index (κ2) is 4.94. The van der Waals surface area contributed by atoms with Gasteiger partial charge in [0.2, 0.25) is 0 Å². The first-order valence-electron chi connectivity index (χ1n) is 6.90. The molecule has 0 N–H and O–H groups in total. The summed E-state index contributed by atoms with van der Waals surface area (Å²) < 4.78 is 5.77. The fourth-order valence-corrected chi connectivity index (χ4v) is 3.50. The van der Waals surface area contributed by atoms with E-state index in [1.54, 1.807) is 0 Å². The number of aromatic nitrogens is 2. The van der Waals surface area contributed by atoms with Gasteiger partial charge in [-0.15, -0.1) is 0 Å². The molecule has 4 nitrogen and oxygen atoms in total. The van der Waals surface area contributed by atoms with Crippen molar-refractivity contribution in [2.75, 3.05) is 30.9 Å². The molecule has 1 aliphatic heterocycles. The Labute approximate surface area is 119 Å². The zero-order valence-electron chi connectivity index (χ0n) is 11.8. The van der Waals surface area contributed by atoms with Crippen molar-refractivity contribution in [1.82, 2.24) is 9.97 Å². The van der Waals surface area contributed by atoms with Gasteiger partial charge in [-0.2, -0.15) is 11.8 Å². The zero-order chi connectivity index (χ0) is 13.5. The van der Waals surface area contributed by atoms with E-state index >= 15 is 0 Å². The largest absolute Gasteiger partial charge is 0.377 e. The number of anilines is 1. The van der Waals surface area contributed by atoms with E-state index in [1.165, 1.54) is 18.5 Å². The van der Waals surface area contributed by atoms with Crippen LogP contribution in [0.25, 0.3) is 0 Å². The van der Waals surface area contributed by atoms with Gasteiger partial charge in [-0.25, -0.2) is 9.97 Å². The molecule has 0 aromatic carbocycles. The molecule has 1 saturated carbocycles. The monoisotopic (exact) mass is 279 g/mol. The second-order valence-corrected chi connectivity index (χ2v) is 6.66. The molecular formula is C14H21N3OS. The van der Waals surface area contributed by atoms with Gasteiger partial charge in [-0.05, 0) is 32.9 Å². The van der Waals surface area contributed by atoms with E-state index in [0.29, 0.717) is 6.04 Å². The molecule has 1 atom stereocenters.